The van der Waals surface area contributed by atoms with Crippen LogP contribution in [0.4, 0.5) is 11.4 Å². The molecule has 1 aromatic carbocycles. The van der Waals surface area contributed by atoms with Crippen molar-refractivity contribution in [2.75, 3.05) is 26.0 Å². The van der Waals surface area contributed by atoms with Gasteiger partial charge in [-0.3, -0.25) is 19.7 Å². The summed E-state index contributed by atoms with van der Waals surface area (Å²) in [6.45, 7) is 0.287. The number of benzene rings is 1. The van der Waals surface area contributed by atoms with E-state index in [9.17, 15) is 19.7 Å². The molecule has 8 heteroatoms. The van der Waals surface area contributed by atoms with Gasteiger partial charge in [-0.1, -0.05) is 0 Å². The molecular weight excluding hydrogens is 278 g/mol. The smallest absolute Gasteiger partial charge is 0.305 e. The van der Waals surface area contributed by atoms with Crippen LogP contribution in [-0.4, -0.2) is 37.5 Å². The van der Waals surface area contributed by atoms with Crippen LogP contribution >= 0.6 is 0 Å². The molecule has 0 aliphatic heterocycles. The average molecular weight is 295 g/mol. The number of nitrogens with zero attached hydrogens (tertiary/aromatic N) is 1. The van der Waals surface area contributed by atoms with Gasteiger partial charge in [-0.15, -0.1) is 0 Å². The monoisotopic (exact) mass is 295 g/mol. The summed E-state index contributed by atoms with van der Waals surface area (Å²) in [5, 5.41) is 16.2. The van der Waals surface area contributed by atoms with Crippen molar-refractivity contribution in [3.05, 3.63) is 33.9 Å². The van der Waals surface area contributed by atoms with Crippen LogP contribution < -0.4 is 10.6 Å². The third-order valence-electron chi connectivity index (χ3n) is 2.80. The molecule has 0 aromatic heterocycles. The van der Waals surface area contributed by atoms with E-state index < -0.39 is 10.8 Å². The SMILES string of the molecule is CNc1ccc(C(=O)NCCCC(=O)OC)cc1[N+](=O)[O-]. The molecule has 114 valence electrons. The fraction of sp³-hybridized carbons (Fsp3) is 0.385. The highest BCUT2D eigenvalue weighted by molar-refractivity contribution is 5.95. The predicted molar refractivity (Wildman–Crippen MR) is 76.2 cm³/mol. The van der Waals surface area contributed by atoms with E-state index in [4.69, 9.17) is 0 Å². The van der Waals surface area contributed by atoms with Gasteiger partial charge in [0.2, 0.25) is 0 Å². The van der Waals surface area contributed by atoms with Crippen molar-refractivity contribution in [3.63, 3.8) is 0 Å². The maximum atomic E-state index is 11.9. The van der Waals surface area contributed by atoms with Gasteiger partial charge in [0.05, 0.1) is 12.0 Å². The first-order valence-corrected chi connectivity index (χ1v) is 6.30. The Morgan fingerprint density at radius 2 is 2.10 bits per heavy atom. The summed E-state index contributed by atoms with van der Waals surface area (Å²) in [4.78, 5) is 33.1. The zero-order valence-electron chi connectivity index (χ0n) is 11.8. The van der Waals surface area contributed by atoms with Crippen molar-refractivity contribution in [1.29, 1.82) is 0 Å². The Hall–Kier alpha value is -2.64. The Morgan fingerprint density at radius 3 is 2.67 bits per heavy atom. The molecule has 0 saturated heterocycles. The van der Waals surface area contributed by atoms with Gasteiger partial charge < -0.3 is 15.4 Å². The van der Waals surface area contributed by atoms with Crippen LogP contribution in [0.5, 0.6) is 0 Å². The molecule has 0 saturated carbocycles. The minimum absolute atomic E-state index is 0.167. The van der Waals surface area contributed by atoms with Crippen LogP contribution in [0.25, 0.3) is 0 Å². The van der Waals surface area contributed by atoms with E-state index in [0.717, 1.165) is 0 Å². The second kappa shape index (κ2) is 7.83. The van der Waals surface area contributed by atoms with Gasteiger partial charge in [-0.05, 0) is 18.6 Å². The fourth-order valence-electron chi connectivity index (χ4n) is 1.67. The number of ether oxygens (including phenoxy) is 1. The summed E-state index contributed by atoms with van der Waals surface area (Å²) in [6.07, 6.45) is 0.644. The van der Waals surface area contributed by atoms with Crippen molar-refractivity contribution in [2.24, 2.45) is 0 Å². The minimum atomic E-state index is -0.556. The second-order valence-corrected chi connectivity index (χ2v) is 4.17. The summed E-state index contributed by atoms with van der Waals surface area (Å²) in [6, 6.07) is 4.18. The highest BCUT2D eigenvalue weighted by Gasteiger charge is 2.16. The van der Waals surface area contributed by atoms with E-state index in [0.29, 0.717) is 12.1 Å². The lowest BCUT2D eigenvalue weighted by Gasteiger charge is -2.07. The minimum Gasteiger partial charge on any atom is -0.469 e. The number of amides is 1. The van der Waals surface area contributed by atoms with E-state index in [1.54, 1.807) is 7.05 Å². The highest BCUT2D eigenvalue weighted by atomic mass is 16.6. The van der Waals surface area contributed by atoms with Gasteiger partial charge in [-0.2, -0.15) is 0 Å². The third-order valence-corrected chi connectivity index (χ3v) is 2.80. The Kier molecular flexibility index (Phi) is 6.12. The number of anilines is 1. The van der Waals surface area contributed by atoms with Crippen LogP contribution in [-0.2, 0) is 9.53 Å². The molecule has 0 atom stereocenters. The number of nitrogens with one attached hydrogen (secondary N) is 2. The molecule has 2 N–H and O–H groups in total. The Morgan fingerprint density at radius 1 is 1.38 bits per heavy atom. The second-order valence-electron chi connectivity index (χ2n) is 4.17. The van der Waals surface area contributed by atoms with E-state index in [2.05, 4.69) is 15.4 Å². The maximum Gasteiger partial charge on any atom is 0.305 e. The van der Waals surface area contributed by atoms with Gasteiger partial charge in [0.15, 0.2) is 0 Å². The number of nitro benzene ring substituents is 1. The first-order chi connectivity index (χ1) is 9.99. The largest absolute Gasteiger partial charge is 0.469 e. The van der Waals surface area contributed by atoms with Crippen molar-refractivity contribution in [2.45, 2.75) is 12.8 Å². The van der Waals surface area contributed by atoms with Crippen molar-refractivity contribution in [1.82, 2.24) is 5.32 Å². The lowest BCUT2D eigenvalue weighted by molar-refractivity contribution is -0.384. The van der Waals surface area contributed by atoms with Crippen LogP contribution in [0.3, 0.4) is 0 Å². The first-order valence-electron chi connectivity index (χ1n) is 6.30. The molecule has 0 bridgehead atoms. The topological polar surface area (TPSA) is 111 Å². The summed E-state index contributed by atoms with van der Waals surface area (Å²) in [5.41, 5.74) is 0.362. The number of hydrogen-bond donors (Lipinski definition) is 2. The van der Waals surface area contributed by atoms with Crippen LogP contribution in [0.1, 0.15) is 23.2 Å². The number of nitro groups is 1. The summed E-state index contributed by atoms with van der Waals surface area (Å²) in [7, 11) is 2.86. The van der Waals surface area contributed by atoms with Gasteiger partial charge >= 0.3 is 5.97 Å². The Labute approximate surface area is 121 Å². The summed E-state index contributed by atoms with van der Waals surface area (Å²) >= 11 is 0. The number of methoxy groups -OCH3 is 1. The van der Waals surface area contributed by atoms with Gasteiger partial charge in [0.1, 0.15) is 5.69 Å². The number of carbonyl (C=O) groups is 2. The van der Waals surface area contributed by atoms with Crippen LogP contribution in [0.2, 0.25) is 0 Å². The van der Waals surface area contributed by atoms with E-state index >= 15 is 0 Å². The maximum absolute atomic E-state index is 11.9. The third kappa shape index (κ3) is 4.75. The molecule has 1 amide bonds. The normalized spacial score (nSPS) is 9.81. The first kappa shape index (κ1) is 16.4. The van der Waals surface area contributed by atoms with E-state index in [-0.39, 0.29) is 30.2 Å². The highest BCUT2D eigenvalue weighted by Crippen LogP contribution is 2.24. The molecule has 8 nitrogen and oxygen atoms in total. The molecule has 0 fully saturated rings. The lowest BCUT2D eigenvalue weighted by Crippen LogP contribution is -2.25. The molecule has 0 unspecified atom stereocenters. The molecular formula is C13H17N3O5. The average Bonchev–Trinajstić information content (AvgIpc) is 2.50. The zero-order chi connectivity index (χ0) is 15.8. The summed E-state index contributed by atoms with van der Waals surface area (Å²) in [5.74, 6) is -0.774. The predicted octanol–water partition coefficient (Wildman–Crippen LogP) is 1.32. The summed E-state index contributed by atoms with van der Waals surface area (Å²) < 4.78 is 4.48. The molecule has 0 aliphatic carbocycles. The van der Waals surface area contributed by atoms with Gasteiger partial charge in [0, 0.05) is 31.6 Å². The lowest BCUT2D eigenvalue weighted by atomic mass is 10.1. The number of carbonyl (C=O) groups excluding carboxylic acids is 2. The van der Waals surface area contributed by atoms with Crippen molar-refractivity contribution in [3.8, 4) is 0 Å². The molecule has 0 aliphatic rings. The fourth-order valence-corrected chi connectivity index (χ4v) is 1.67. The van der Waals surface area contributed by atoms with Crippen LogP contribution in [0, 0.1) is 10.1 Å². The van der Waals surface area contributed by atoms with Crippen molar-refractivity contribution < 1.29 is 19.2 Å². The van der Waals surface area contributed by atoms with Gasteiger partial charge in [-0.25, -0.2) is 0 Å². The molecule has 21 heavy (non-hydrogen) atoms. The molecule has 0 heterocycles. The number of esters is 1. The van der Waals surface area contributed by atoms with E-state index in [1.165, 1.54) is 25.3 Å². The Balaban J connectivity index is 2.64. The Bertz CT molecular complexity index is 545. The molecule has 1 rings (SSSR count). The van der Waals surface area contributed by atoms with E-state index in [1.807, 2.05) is 0 Å². The molecule has 1 aromatic rings. The van der Waals surface area contributed by atoms with Gasteiger partial charge in [0.25, 0.3) is 11.6 Å². The molecule has 0 spiro atoms. The zero-order valence-corrected chi connectivity index (χ0v) is 11.8. The number of hydrogen-bond acceptors (Lipinski definition) is 6. The number of rotatable bonds is 7. The van der Waals surface area contributed by atoms with Crippen molar-refractivity contribution >= 4 is 23.3 Å². The van der Waals surface area contributed by atoms with Crippen LogP contribution in [0.15, 0.2) is 18.2 Å². The standard InChI is InChI=1S/C13H17N3O5/c1-14-10-6-5-9(8-11(10)16(19)20)13(18)15-7-3-4-12(17)21-2/h5-6,8,14H,3-4,7H2,1-2H3,(H,15,18). The molecule has 0 radical (unpaired) electrons. The quantitative estimate of drug-likeness (QED) is 0.340.